The van der Waals surface area contributed by atoms with Crippen molar-refractivity contribution in [3.63, 3.8) is 0 Å². The smallest absolute Gasteiger partial charge is 0.145 e. The number of hydrogen-bond donors (Lipinski definition) is 1. The number of ether oxygens (including phenoxy) is 2. The number of rotatable bonds is 4. The first-order valence-electron chi connectivity index (χ1n) is 7.08. The first-order valence-corrected chi connectivity index (χ1v) is 7.08. The number of hydrogen-bond acceptors (Lipinski definition) is 4. The highest BCUT2D eigenvalue weighted by atomic mass is 16.5. The van der Waals surface area contributed by atoms with Crippen molar-refractivity contribution in [3.8, 4) is 5.75 Å². The summed E-state index contributed by atoms with van der Waals surface area (Å²) in [5, 5.41) is 4.59. The van der Waals surface area contributed by atoms with Crippen LogP contribution in [0.4, 0.5) is 5.69 Å². The van der Waals surface area contributed by atoms with Crippen LogP contribution in [0.5, 0.6) is 5.75 Å². The van der Waals surface area contributed by atoms with Gasteiger partial charge in [0.05, 0.1) is 13.2 Å². The third kappa shape index (κ3) is 2.56. The summed E-state index contributed by atoms with van der Waals surface area (Å²) in [4.78, 5) is 4.59. The first-order chi connectivity index (χ1) is 9.78. The Kier molecular flexibility index (Phi) is 3.74. The number of anilines is 1. The minimum atomic E-state index is 0.323. The van der Waals surface area contributed by atoms with Gasteiger partial charge in [-0.05, 0) is 31.9 Å². The van der Waals surface area contributed by atoms with Gasteiger partial charge in [0.1, 0.15) is 11.3 Å². The van der Waals surface area contributed by atoms with Crippen molar-refractivity contribution in [1.82, 2.24) is 4.98 Å². The Morgan fingerprint density at radius 2 is 2.35 bits per heavy atom. The molecule has 1 aromatic heterocycles. The second kappa shape index (κ2) is 5.67. The molecule has 0 radical (unpaired) electrons. The molecular formula is C16H20N2O2. The molecule has 0 bridgehead atoms. The van der Waals surface area contributed by atoms with Crippen LogP contribution in [0.1, 0.15) is 18.5 Å². The molecule has 0 aliphatic carbocycles. The number of nitrogens with one attached hydrogen (secondary N) is 1. The quantitative estimate of drug-likeness (QED) is 0.928. The van der Waals surface area contributed by atoms with Crippen LogP contribution in [0.2, 0.25) is 0 Å². The lowest BCUT2D eigenvalue weighted by Crippen LogP contribution is -2.18. The molecule has 4 heteroatoms. The van der Waals surface area contributed by atoms with Crippen molar-refractivity contribution >= 4 is 16.6 Å². The first kappa shape index (κ1) is 13.2. The molecule has 1 saturated heterocycles. The molecule has 0 saturated carbocycles. The molecule has 3 rings (SSSR count). The van der Waals surface area contributed by atoms with Crippen molar-refractivity contribution in [2.75, 3.05) is 25.6 Å². The fourth-order valence-electron chi connectivity index (χ4n) is 2.69. The summed E-state index contributed by atoms with van der Waals surface area (Å²) in [6.45, 7) is 3.73. The Morgan fingerprint density at radius 3 is 3.10 bits per heavy atom. The van der Waals surface area contributed by atoms with Crippen LogP contribution in [0.15, 0.2) is 24.3 Å². The molecule has 0 amide bonds. The van der Waals surface area contributed by atoms with E-state index in [1.807, 2.05) is 19.1 Å². The molecule has 20 heavy (non-hydrogen) atoms. The number of fused-ring (bicyclic) bond motifs is 1. The van der Waals surface area contributed by atoms with Gasteiger partial charge in [0.15, 0.2) is 0 Å². The Labute approximate surface area is 119 Å². The van der Waals surface area contributed by atoms with Gasteiger partial charge in [-0.25, -0.2) is 4.98 Å². The number of nitrogens with zero attached hydrogens (tertiary/aromatic N) is 1. The van der Waals surface area contributed by atoms with Crippen LogP contribution in [-0.2, 0) is 4.74 Å². The van der Waals surface area contributed by atoms with Crippen molar-refractivity contribution < 1.29 is 9.47 Å². The third-order valence-corrected chi connectivity index (χ3v) is 3.69. The molecule has 106 valence electrons. The second-order valence-corrected chi connectivity index (χ2v) is 5.18. The topological polar surface area (TPSA) is 43.4 Å². The van der Waals surface area contributed by atoms with Crippen LogP contribution in [0, 0.1) is 6.92 Å². The van der Waals surface area contributed by atoms with E-state index in [4.69, 9.17) is 9.47 Å². The fourth-order valence-corrected chi connectivity index (χ4v) is 2.69. The highest BCUT2D eigenvalue weighted by molar-refractivity contribution is 5.95. The summed E-state index contributed by atoms with van der Waals surface area (Å²) in [5.74, 6) is 0.811. The lowest BCUT2D eigenvalue weighted by atomic mass is 10.1. The standard InChI is InChI=1S/C16H20N2O2/c1-11-9-14(17-10-12-5-4-8-20-12)13-6-3-7-15(19-2)16(13)18-11/h3,6-7,9,12H,4-5,8,10H2,1-2H3,(H,17,18). The third-order valence-electron chi connectivity index (χ3n) is 3.69. The maximum Gasteiger partial charge on any atom is 0.145 e. The summed E-state index contributed by atoms with van der Waals surface area (Å²) in [5.41, 5.74) is 2.99. The number of methoxy groups -OCH3 is 1. The molecule has 0 spiro atoms. The zero-order chi connectivity index (χ0) is 13.9. The van der Waals surface area contributed by atoms with E-state index in [-0.39, 0.29) is 0 Å². The molecular weight excluding hydrogens is 252 g/mol. The highest BCUT2D eigenvalue weighted by Crippen LogP contribution is 2.30. The second-order valence-electron chi connectivity index (χ2n) is 5.18. The Morgan fingerprint density at radius 1 is 1.45 bits per heavy atom. The van der Waals surface area contributed by atoms with Crippen molar-refractivity contribution in [2.45, 2.75) is 25.9 Å². The molecule has 1 aliphatic rings. The average molecular weight is 272 g/mol. The summed E-state index contributed by atoms with van der Waals surface area (Å²) in [6, 6.07) is 8.09. The number of benzene rings is 1. The minimum absolute atomic E-state index is 0.323. The van der Waals surface area contributed by atoms with Gasteiger partial charge in [-0.15, -0.1) is 0 Å². The van der Waals surface area contributed by atoms with Crippen molar-refractivity contribution in [3.05, 3.63) is 30.0 Å². The lowest BCUT2D eigenvalue weighted by Gasteiger charge is -2.15. The van der Waals surface area contributed by atoms with E-state index in [2.05, 4.69) is 22.4 Å². The van der Waals surface area contributed by atoms with Gasteiger partial charge >= 0.3 is 0 Å². The van der Waals surface area contributed by atoms with Crippen molar-refractivity contribution in [1.29, 1.82) is 0 Å². The summed E-state index contributed by atoms with van der Waals surface area (Å²) in [7, 11) is 1.68. The monoisotopic (exact) mass is 272 g/mol. The van der Waals surface area contributed by atoms with Crippen LogP contribution >= 0.6 is 0 Å². The molecule has 1 unspecified atom stereocenters. The number of aromatic nitrogens is 1. The predicted molar refractivity (Wildman–Crippen MR) is 80.5 cm³/mol. The van der Waals surface area contributed by atoms with Crippen LogP contribution < -0.4 is 10.1 Å². The maximum atomic E-state index is 5.66. The molecule has 1 aliphatic heterocycles. The van der Waals surface area contributed by atoms with Gasteiger partial charge in [0, 0.05) is 29.9 Å². The molecule has 1 aromatic carbocycles. The Balaban J connectivity index is 1.92. The Hall–Kier alpha value is -1.81. The normalized spacial score (nSPS) is 18.4. The van der Waals surface area contributed by atoms with Crippen LogP contribution in [-0.4, -0.2) is 31.3 Å². The van der Waals surface area contributed by atoms with Gasteiger partial charge in [-0.1, -0.05) is 12.1 Å². The summed E-state index contributed by atoms with van der Waals surface area (Å²) >= 11 is 0. The number of pyridine rings is 1. The minimum Gasteiger partial charge on any atom is -0.494 e. The van der Waals surface area contributed by atoms with E-state index in [0.29, 0.717) is 6.10 Å². The average Bonchev–Trinajstić information content (AvgIpc) is 2.97. The van der Waals surface area contributed by atoms with E-state index in [1.54, 1.807) is 7.11 Å². The van der Waals surface area contributed by atoms with E-state index >= 15 is 0 Å². The van der Waals surface area contributed by atoms with E-state index in [9.17, 15) is 0 Å². The highest BCUT2D eigenvalue weighted by Gasteiger charge is 2.16. The van der Waals surface area contributed by atoms with Crippen LogP contribution in [0.3, 0.4) is 0 Å². The van der Waals surface area contributed by atoms with Gasteiger partial charge in [-0.3, -0.25) is 0 Å². The van der Waals surface area contributed by atoms with Crippen LogP contribution in [0.25, 0.3) is 10.9 Å². The summed E-state index contributed by atoms with van der Waals surface area (Å²) in [6.07, 6.45) is 2.62. The number of para-hydroxylation sites is 1. The zero-order valence-electron chi connectivity index (χ0n) is 12.0. The predicted octanol–water partition coefficient (Wildman–Crippen LogP) is 3.14. The lowest BCUT2D eigenvalue weighted by molar-refractivity contribution is 0.120. The maximum absolute atomic E-state index is 5.66. The van der Waals surface area contributed by atoms with Gasteiger partial charge < -0.3 is 14.8 Å². The van der Waals surface area contributed by atoms with E-state index in [1.165, 1.54) is 0 Å². The van der Waals surface area contributed by atoms with Crippen molar-refractivity contribution in [2.24, 2.45) is 0 Å². The largest absolute Gasteiger partial charge is 0.494 e. The Bertz CT molecular complexity index is 607. The van der Waals surface area contributed by atoms with Gasteiger partial charge in [0.25, 0.3) is 0 Å². The van der Waals surface area contributed by atoms with E-state index < -0.39 is 0 Å². The molecule has 2 aromatic rings. The fraction of sp³-hybridized carbons (Fsp3) is 0.438. The molecule has 1 N–H and O–H groups in total. The van der Waals surface area contributed by atoms with Gasteiger partial charge in [0.2, 0.25) is 0 Å². The molecule has 2 heterocycles. The zero-order valence-corrected chi connectivity index (χ0v) is 12.0. The number of aryl methyl sites for hydroxylation is 1. The summed E-state index contributed by atoms with van der Waals surface area (Å²) < 4.78 is 11.1. The van der Waals surface area contributed by atoms with Gasteiger partial charge in [-0.2, -0.15) is 0 Å². The molecule has 4 nitrogen and oxygen atoms in total. The molecule has 1 fully saturated rings. The van der Waals surface area contributed by atoms with E-state index in [0.717, 1.165) is 54.0 Å². The molecule has 1 atom stereocenters. The SMILES string of the molecule is COc1cccc2c(NCC3CCCO3)cc(C)nc12.